The van der Waals surface area contributed by atoms with Crippen LogP contribution in [0.1, 0.15) is 0 Å². The van der Waals surface area contributed by atoms with Crippen LogP contribution in [0, 0.1) is 20.2 Å². The van der Waals surface area contributed by atoms with E-state index in [1.54, 1.807) is 0 Å². The summed E-state index contributed by atoms with van der Waals surface area (Å²) in [6, 6.07) is 0.913. The maximum atomic E-state index is 10.7. The largest absolute Gasteiger partial charge is 1.00 e. The van der Waals surface area contributed by atoms with Crippen LogP contribution in [-0.4, -0.2) is 22.8 Å². The monoisotopic (exact) mass is 304 g/mol. The van der Waals surface area contributed by atoms with Gasteiger partial charge in [-0.1, -0.05) is 11.6 Å². The summed E-state index contributed by atoms with van der Waals surface area (Å²) in [4.78, 5) is 17.4. The minimum Gasteiger partial charge on any atom is -0.744 e. The molecule has 0 spiro atoms. The van der Waals surface area contributed by atoms with Crippen LogP contribution in [0.2, 0.25) is 5.02 Å². The van der Waals surface area contributed by atoms with Crippen LogP contribution in [0.5, 0.6) is 0 Å². The number of hydrogen-bond acceptors (Lipinski definition) is 7. The Hall–Kier alpha value is -0.780. The first-order chi connectivity index (χ1) is 7.64. The summed E-state index contributed by atoms with van der Waals surface area (Å²) in [6.45, 7) is 0. The molecule has 0 radical (unpaired) electrons. The van der Waals surface area contributed by atoms with Gasteiger partial charge in [-0.15, -0.1) is 0 Å². The minimum atomic E-state index is -5.20. The van der Waals surface area contributed by atoms with Gasteiger partial charge in [0.15, 0.2) is 4.90 Å². The Labute approximate surface area is 127 Å². The van der Waals surface area contributed by atoms with Gasteiger partial charge in [0.05, 0.1) is 20.9 Å². The normalized spacial score (nSPS) is 10.6. The molecule has 0 amide bonds. The van der Waals surface area contributed by atoms with Crippen molar-refractivity contribution in [1.29, 1.82) is 0 Å². The number of non-ortho nitro benzene ring substituents is 1. The summed E-state index contributed by atoms with van der Waals surface area (Å²) in [5.41, 5.74) is -2.01. The fourth-order valence-corrected chi connectivity index (χ4v) is 2.23. The molecule has 9 nitrogen and oxygen atoms in total. The molecule has 1 aromatic rings. The summed E-state index contributed by atoms with van der Waals surface area (Å²) in [7, 11) is -5.20. The Morgan fingerprint density at radius 3 is 1.94 bits per heavy atom. The third kappa shape index (κ3) is 3.60. The van der Waals surface area contributed by atoms with Gasteiger partial charge in [-0.2, -0.15) is 0 Å². The third-order valence-electron chi connectivity index (χ3n) is 1.67. The topological polar surface area (TPSA) is 143 Å². The maximum Gasteiger partial charge on any atom is 1.00 e. The van der Waals surface area contributed by atoms with Crippen LogP contribution < -0.4 is 29.6 Å². The predicted molar refractivity (Wildman–Crippen MR) is 52.7 cm³/mol. The third-order valence-corrected chi connectivity index (χ3v) is 3.01. The standard InChI is InChI=1S/C6H3ClN2O7S.Na/c7-4-1-3(8(10)11)2-5(9(12)13)6(4)17(14,15)16;/h1-2H,(H,14,15,16);/q;+1/p-1. The first-order valence-electron chi connectivity index (χ1n) is 3.73. The van der Waals surface area contributed by atoms with Crippen molar-refractivity contribution in [2.45, 2.75) is 4.90 Å². The van der Waals surface area contributed by atoms with E-state index in [-0.39, 0.29) is 29.6 Å². The first kappa shape index (κ1) is 17.2. The van der Waals surface area contributed by atoms with E-state index < -0.39 is 41.3 Å². The zero-order valence-electron chi connectivity index (χ0n) is 8.69. The fourth-order valence-electron chi connectivity index (χ4n) is 1.05. The fraction of sp³-hybridized carbons (Fsp3) is 0. The van der Waals surface area contributed by atoms with Crippen LogP contribution in [-0.2, 0) is 10.1 Å². The Morgan fingerprint density at radius 2 is 1.61 bits per heavy atom. The van der Waals surface area contributed by atoms with Crippen LogP contribution in [0.4, 0.5) is 11.4 Å². The molecular formula is C6H2ClN2NaO7S. The summed E-state index contributed by atoms with van der Waals surface area (Å²) >= 11 is 5.32. The molecule has 0 N–H and O–H groups in total. The summed E-state index contributed by atoms with van der Waals surface area (Å²) in [6.07, 6.45) is 0. The average Bonchev–Trinajstić information content (AvgIpc) is 2.13. The number of hydrogen-bond donors (Lipinski definition) is 0. The van der Waals surface area contributed by atoms with E-state index in [2.05, 4.69) is 0 Å². The molecule has 0 saturated carbocycles. The zero-order valence-corrected chi connectivity index (χ0v) is 12.3. The van der Waals surface area contributed by atoms with Crippen molar-refractivity contribution in [2.24, 2.45) is 0 Å². The molecule has 0 aliphatic carbocycles. The van der Waals surface area contributed by atoms with Crippen molar-refractivity contribution < 1.29 is 52.4 Å². The zero-order chi connectivity index (χ0) is 13.4. The number of halogens is 1. The molecule has 0 unspecified atom stereocenters. The molecular weight excluding hydrogens is 303 g/mol. The van der Waals surface area contributed by atoms with E-state index >= 15 is 0 Å². The van der Waals surface area contributed by atoms with Crippen molar-refractivity contribution in [2.75, 3.05) is 0 Å². The van der Waals surface area contributed by atoms with Crippen LogP contribution in [0.25, 0.3) is 0 Å². The predicted octanol–water partition coefficient (Wildman–Crippen LogP) is -1.94. The van der Waals surface area contributed by atoms with Crippen molar-refractivity contribution in [3.63, 3.8) is 0 Å². The van der Waals surface area contributed by atoms with Crippen molar-refractivity contribution in [1.82, 2.24) is 0 Å². The number of benzene rings is 1. The average molecular weight is 305 g/mol. The molecule has 0 atom stereocenters. The van der Waals surface area contributed by atoms with Gasteiger partial charge in [-0.3, -0.25) is 20.2 Å². The van der Waals surface area contributed by atoms with Gasteiger partial charge in [0.25, 0.3) is 11.4 Å². The molecule has 92 valence electrons. The molecule has 12 heteroatoms. The van der Waals surface area contributed by atoms with E-state index in [1.165, 1.54) is 0 Å². The molecule has 1 rings (SSSR count). The number of rotatable bonds is 3. The van der Waals surface area contributed by atoms with Crippen LogP contribution in [0.15, 0.2) is 17.0 Å². The quantitative estimate of drug-likeness (QED) is 0.273. The van der Waals surface area contributed by atoms with E-state index in [1.807, 2.05) is 0 Å². The molecule has 18 heavy (non-hydrogen) atoms. The number of nitro groups is 2. The molecule has 0 saturated heterocycles. The van der Waals surface area contributed by atoms with Gasteiger partial charge in [0.1, 0.15) is 10.1 Å². The summed E-state index contributed by atoms with van der Waals surface area (Å²) in [5, 5.41) is 20.0. The Morgan fingerprint density at radius 1 is 1.11 bits per heavy atom. The smallest absolute Gasteiger partial charge is 0.744 e. The second-order valence-electron chi connectivity index (χ2n) is 2.74. The second kappa shape index (κ2) is 5.91. The van der Waals surface area contributed by atoms with Gasteiger partial charge in [-0.05, 0) is 0 Å². The molecule has 0 aliphatic rings. The van der Waals surface area contributed by atoms with E-state index in [9.17, 15) is 33.2 Å². The molecule has 0 bridgehead atoms. The Bertz CT molecular complexity index is 617. The van der Waals surface area contributed by atoms with Crippen molar-refractivity contribution in [3.8, 4) is 0 Å². The Kier molecular flexibility index (Phi) is 5.65. The number of nitrogens with zero attached hydrogens (tertiary/aromatic N) is 2. The van der Waals surface area contributed by atoms with E-state index in [0.29, 0.717) is 12.1 Å². The minimum absolute atomic E-state index is 0. The van der Waals surface area contributed by atoms with E-state index in [0.717, 1.165) is 0 Å². The maximum absolute atomic E-state index is 10.7. The molecule has 0 fully saturated rings. The number of nitro benzene ring substituents is 2. The molecule has 1 aromatic carbocycles. The SMILES string of the molecule is O=[N+]([O-])c1cc(Cl)c(S(=O)(=O)[O-])c([N+](=O)[O-])c1.[Na+]. The summed E-state index contributed by atoms with van der Waals surface area (Å²) < 4.78 is 32.2. The van der Waals surface area contributed by atoms with Gasteiger partial charge >= 0.3 is 29.6 Å². The summed E-state index contributed by atoms with van der Waals surface area (Å²) in [5.74, 6) is 0. The van der Waals surface area contributed by atoms with Crippen LogP contribution >= 0.6 is 11.6 Å². The van der Waals surface area contributed by atoms with Gasteiger partial charge in [0.2, 0.25) is 0 Å². The first-order valence-corrected chi connectivity index (χ1v) is 5.51. The molecule has 0 aromatic heterocycles. The van der Waals surface area contributed by atoms with Gasteiger partial charge in [0, 0.05) is 6.07 Å². The van der Waals surface area contributed by atoms with Crippen LogP contribution in [0.3, 0.4) is 0 Å². The second-order valence-corrected chi connectivity index (χ2v) is 4.47. The van der Waals surface area contributed by atoms with Gasteiger partial charge in [-0.25, -0.2) is 8.42 Å². The van der Waals surface area contributed by atoms with Crippen molar-refractivity contribution in [3.05, 3.63) is 37.4 Å². The molecule has 0 heterocycles. The Balaban J connectivity index is 0.00000289. The van der Waals surface area contributed by atoms with Crippen molar-refractivity contribution >= 4 is 33.1 Å². The van der Waals surface area contributed by atoms with Gasteiger partial charge < -0.3 is 4.55 Å². The molecule has 0 aliphatic heterocycles. The van der Waals surface area contributed by atoms with E-state index in [4.69, 9.17) is 11.6 Å².